The minimum Gasteiger partial charge on any atom is -0.341 e. The van der Waals surface area contributed by atoms with Crippen LogP contribution in [0.3, 0.4) is 0 Å². The van der Waals surface area contributed by atoms with Gasteiger partial charge in [-0.2, -0.15) is 11.3 Å². The third-order valence-electron chi connectivity index (χ3n) is 5.88. The molecular formula is C24H23FN6O2S2. The highest BCUT2D eigenvalue weighted by Crippen LogP contribution is 2.26. The topological polar surface area (TPSA) is 100 Å². The number of aromatic nitrogens is 3. The van der Waals surface area contributed by atoms with Crippen LogP contribution in [0.1, 0.15) is 24.2 Å². The molecule has 11 heteroatoms. The van der Waals surface area contributed by atoms with Crippen molar-refractivity contribution in [2.75, 3.05) is 24.5 Å². The lowest BCUT2D eigenvalue weighted by Crippen LogP contribution is -2.38. The highest BCUT2D eigenvalue weighted by molar-refractivity contribution is 8.18. The number of rotatable bonds is 7. The van der Waals surface area contributed by atoms with E-state index in [1.165, 1.54) is 12.1 Å². The number of anilines is 1. The van der Waals surface area contributed by atoms with Crippen molar-refractivity contribution in [2.45, 2.75) is 19.4 Å². The Bertz CT molecular complexity index is 1260. The number of nitrogens with zero attached hydrogens (tertiary/aromatic N) is 4. The van der Waals surface area contributed by atoms with E-state index in [-0.39, 0.29) is 11.1 Å². The van der Waals surface area contributed by atoms with E-state index in [1.807, 2.05) is 16.8 Å². The molecule has 2 N–H and O–H groups in total. The molecule has 3 aromatic heterocycles. The van der Waals surface area contributed by atoms with E-state index < -0.39 is 5.91 Å². The van der Waals surface area contributed by atoms with E-state index >= 15 is 0 Å². The number of carbonyl (C=O) groups excluding carboxylic acids is 2. The SMILES string of the molecule is O=C1NC(=O)/C(=C\c2ccnc(N3CCC(CNCc4cc(F)cc(-c5ccsc5)n4)CC3)n2)S1. The quantitative estimate of drug-likeness (QED) is 0.459. The molecule has 2 aliphatic rings. The Kier molecular flexibility index (Phi) is 7.16. The summed E-state index contributed by atoms with van der Waals surface area (Å²) in [6.07, 6.45) is 5.23. The molecule has 0 unspecified atom stereocenters. The van der Waals surface area contributed by atoms with Gasteiger partial charge in [-0.3, -0.25) is 19.9 Å². The molecule has 2 saturated heterocycles. The second kappa shape index (κ2) is 10.6. The summed E-state index contributed by atoms with van der Waals surface area (Å²) < 4.78 is 14.1. The molecule has 0 aromatic carbocycles. The predicted octanol–water partition coefficient (Wildman–Crippen LogP) is 4.07. The Morgan fingerprint density at radius 2 is 2.06 bits per heavy atom. The van der Waals surface area contributed by atoms with Crippen LogP contribution >= 0.6 is 23.1 Å². The molecular weight excluding hydrogens is 487 g/mol. The zero-order chi connectivity index (χ0) is 24.2. The fourth-order valence-electron chi connectivity index (χ4n) is 4.09. The summed E-state index contributed by atoms with van der Waals surface area (Å²) in [5.41, 5.74) is 2.88. The lowest BCUT2D eigenvalue weighted by Gasteiger charge is -2.32. The molecule has 5 heterocycles. The van der Waals surface area contributed by atoms with Gasteiger partial charge in [-0.05, 0) is 66.7 Å². The van der Waals surface area contributed by atoms with E-state index in [0.29, 0.717) is 40.4 Å². The molecule has 0 radical (unpaired) electrons. The van der Waals surface area contributed by atoms with Gasteiger partial charge in [0.2, 0.25) is 5.95 Å². The normalized spacial score (nSPS) is 17.9. The number of hydrogen-bond donors (Lipinski definition) is 2. The van der Waals surface area contributed by atoms with Gasteiger partial charge in [-0.1, -0.05) is 0 Å². The number of carbonyl (C=O) groups is 2. The molecule has 2 fully saturated rings. The average Bonchev–Trinajstić information content (AvgIpc) is 3.49. The number of amides is 2. The number of pyridine rings is 1. The summed E-state index contributed by atoms with van der Waals surface area (Å²) in [5, 5.41) is 9.23. The third-order valence-corrected chi connectivity index (χ3v) is 7.38. The van der Waals surface area contributed by atoms with Gasteiger partial charge in [0.15, 0.2) is 0 Å². The van der Waals surface area contributed by atoms with Gasteiger partial charge in [-0.25, -0.2) is 14.4 Å². The van der Waals surface area contributed by atoms with Crippen LogP contribution in [0.25, 0.3) is 17.3 Å². The fourth-order valence-corrected chi connectivity index (χ4v) is 5.41. The van der Waals surface area contributed by atoms with Crippen LogP contribution in [0.5, 0.6) is 0 Å². The van der Waals surface area contributed by atoms with Gasteiger partial charge in [0.05, 0.1) is 22.0 Å². The van der Waals surface area contributed by atoms with Crippen LogP contribution in [0, 0.1) is 11.7 Å². The molecule has 0 aliphatic carbocycles. The first kappa shape index (κ1) is 23.6. The van der Waals surface area contributed by atoms with Crippen LogP contribution < -0.4 is 15.5 Å². The second-order valence-electron chi connectivity index (χ2n) is 8.37. The maximum atomic E-state index is 14.1. The van der Waals surface area contributed by atoms with Gasteiger partial charge in [0, 0.05) is 42.8 Å². The van der Waals surface area contributed by atoms with Gasteiger partial charge >= 0.3 is 0 Å². The van der Waals surface area contributed by atoms with Gasteiger partial charge < -0.3 is 10.2 Å². The number of piperidine rings is 1. The highest BCUT2D eigenvalue weighted by Gasteiger charge is 2.25. The number of nitrogens with one attached hydrogen (secondary N) is 2. The molecule has 0 atom stereocenters. The molecule has 35 heavy (non-hydrogen) atoms. The Labute approximate surface area is 210 Å². The Morgan fingerprint density at radius 1 is 1.20 bits per heavy atom. The van der Waals surface area contributed by atoms with Crippen LogP contribution in [0.2, 0.25) is 0 Å². The van der Waals surface area contributed by atoms with Crippen molar-refractivity contribution in [3.63, 3.8) is 0 Å². The van der Waals surface area contributed by atoms with E-state index in [2.05, 4.69) is 30.5 Å². The van der Waals surface area contributed by atoms with Crippen molar-refractivity contribution in [1.29, 1.82) is 0 Å². The number of halogens is 1. The Hall–Kier alpha value is -3.15. The third kappa shape index (κ3) is 5.92. The monoisotopic (exact) mass is 510 g/mol. The van der Waals surface area contributed by atoms with E-state index in [9.17, 15) is 14.0 Å². The standard InChI is InChI=1S/C24H23FN6O2S2/c25-17-9-19(28-20(10-17)16-4-8-34-14-16)13-26-12-15-2-6-31(7-3-15)23-27-5-1-18(29-23)11-21-22(32)30-24(33)35-21/h1,4-5,8-11,14-15,26H,2-3,6-7,12-13H2,(H,30,32,33)/b21-11+. The van der Waals surface area contributed by atoms with Crippen LogP contribution in [-0.2, 0) is 11.3 Å². The second-order valence-corrected chi connectivity index (χ2v) is 10.2. The first-order chi connectivity index (χ1) is 17.0. The maximum absolute atomic E-state index is 14.1. The van der Waals surface area contributed by atoms with E-state index in [4.69, 9.17) is 0 Å². The zero-order valence-corrected chi connectivity index (χ0v) is 20.4. The first-order valence-electron chi connectivity index (χ1n) is 11.3. The van der Waals surface area contributed by atoms with E-state index in [0.717, 1.165) is 49.8 Å². The van der Waals surface area contributed by atoms with Crippen molar-refractivity contribution in [2.24, 2.45) is 5.92 Å². The molecule has 0 spiro atoms. The Balaban J connectivity index is 1.12. The lowest BCUT2D eigenvalue weighted by molar-refractivity contribution is -0.115. The highest BCUT2D eigenvalue weighted by atomic mass is 32.2. The van der Waals surface area contributed by atoms with Crippen molar-refractivity contribution in [3.8, 4) is 11.3 Å². The first-order valence-corrected chi connectivity index (χ1v) is 13.0. The van der Waals surface area contributed by atoms with Crippen molar-refractivity contribution >= 4 is 46.3 Å². The number of thiophene rings is 1. The van der Waals surface area contributed by atoms with Crippen LogP contribution in [0.15, 0.2) is 46.1 Å². The summed E-state index contributed by atoms with van der Waals surface area (Å²) in [6, 6.07) is 6.61. The van der Waals surface area contributed by atoms with Crippen molar-refractivity contribution in [1.82, 2.24) is 25.6 Å². The molecule has 8 nitrogen and oxygen atoms in total. The average molecular weight is 511 g/mol. The molecule has 5 rings (SSSR count). The fraction of sp³-hybridized carbons (Fsp3) is 0.292. The van der Waals surface area contributed by atoms with Gasteiger partial charge in [0.1, 0.15) is 5.82 Å². The molecule has 180 valence electrons. The summed E-state index contributed by atoms with van der Waals surface area (Å²) in [4.78, 5) is 39.1. The molecule has 3 aromatic rings. The molecule has 0 bridgehead atoms. The van der Waals surface area contributed by atoms with Gasteiger partial charge in [-0.15, -0.1) is 0 Å². The number of hydrogen-bond acceptors (Lipinski definition) is 9. The largest absolute Gasteiger partial charge is 0.341 e. The summed E-state index contributed by atoms with van der Waals surface area (Å²) in [7, 11) is 0. The van der Waals surface area contributed by atoms with Crippen LogP contribution in [0.4, 0.5) is 15.1 Å². The van der Waals surface area contributed by atoms with Gasteiger partial charge in [0.25, 0.3) is 11.1 Å². The molecule has 2 aliphatic heterocycles. The maximum Gasteiger partial charge on any atom is 0.290 e. The summed E-state index contributed by atoms with van der Waals surface area (Å²) >= 11 is 2.44. The summed E-state index contributed by atoms with van der Waals surface area (Å²) in [5.74, 6) is 0.434. The van der Waals surface area contributed by atoms with E-state index in [1.54, 1.807) is 29.7 Å². The van der Waals surface area contributed by atoms with Crippen LogP contribution in [-0.4, -0.2) is 45.7 Å². The number of thioether (sulfide) groups is 1. The van der Waals surface area contributed by atoms with Crippen molar-refractivity contribution in [3.05, 3.63) is 63.3 Å². The number of imide groups is 1. The van der Waals surface area contributed by atoms with Crippen molar-refractivity contribution < 1.29 is 14.0 Å². The molecule has 2 amide bonds. The Morgan fingerprint density at radius 3 is 2.80 bits per heavy atom. The lowest BCUT2D eigenvalue weighted by atomic mass is 9.97. The minimum atomic E-state index is -0.399. The minimum absolute atomic E-state index is 0.275. The predicted molar refractivity (Wildman–Crippen MR) is 135 cm³/mol. The summed E-state index contributed by atoms with van der Waals surface area (Å²) in [6.45, 7) is 2.98. The smallest absolute Gasteiger partial charge is 0.290 e. The molecule has 0 saturated carbocycles. The zero-order valence-electron chi connectivity index (χ0n) is 18.7.